The maximum absolute atomic E-state index is 10.9. The van der Waals surface area contributed by atoms with Crippen molar-refractivity contribution < 1.29 is 9.90 Å². The molecule has 2 atom stereocenters. The van der Waals surface area contributed by atoms with Gasteiger partial charge in [-0.05, 0) is 32.2 Å². The van der Waals surface area contributed by atoms with E-state index in [9.17, 15) is 4.79 Å². The molecule has 1 aliphatic heterocycles. The number of aliphatic hydroxyl groups excluding tert-OH is 1. The van der Waals surface area contributed by atoms with Gasteiger partial charge in [0.2, 0.25) is 0 Å². The monoisotopic (exact) mass is 157 g/mol. The minimum atomic E-state index is -0.0131. The fraction of sp³-hybridized carbons (Fsp3) is 0.875. The third-order valence-electron chi connectivity index (χ3n) is 2.26. The lowest BCUT2D eigenvalue weighted by molar-refractivity contribution is -0.119. The van der Waals surface area contributed by atoms with Crippen LogP contribution in [0.1, 0.15) is 19.8 Å². The molecule has 11 heavy (non-hydrogen) atoms. The topological polar surface area (TPSA) is 49.3 Å². The number of ketones is 1. The summed E-state index contributed by atoms with van der Waals surface area (Å²) in [5.41, 5.74) is 0. The van der Waals surface area contributed by atoms with Crippen molar-refractivity contribution in [2.45, 2.75) is 25.8 Å². The number of hydrogen-bond donors (Lipinski definition) is 2. The fourth-order valence-electron chi connectivity index (χ4n) is 1.47. The molecule has 0 aliphatic carbocycles. The molecule has 1 rings (SSSR count). The molecule has 2 N–H and O–H groups in total. The van der Waals surface area contributed by atoms with Crippen LogP contribution >= 0.6 is 0 Å². The standard InChI is InChI=1S/C8H15NO2/c1-6(11)8-4-7(5-10)2-3-9-8/h7-10H,2-5H2,1H3. The zero-order chi connectivity index (χ0) is 8.27. The van der Waals surface area contributed by atoms with E-state index in [1.165, 1.54) is 0 Å². The first-order valence-electron chi connectivity index (χ1n) is 4.08. The van der Waals surface area contributed by atoms with Crippen LogP contribution in [0.2, 0.25) is 0 Å². The van der Waals surface area contributed by atoms with Gasteiger partial charge in [0.15, 0.2) is 0 Å². The van der Waals surface area contributed by atoms with Gasteiger partial charge in [-0.1, -0.05) is 0 Å². The zero-order valence-corrected chi connectivity index (χ0v) is 6.84. The largest absolute Gasteiger partial charge is 0.396 e. The van der Waals surface area contributed by atoms with Gasteiger partial charge >= 0.3 is 0 Å². The minimum absolute atomic E-state index is 0.0131. The molecule has 0 bridgehead atoms. The summed E-state index contributed by atoms with van der Waals surface area (Å²) in [7, 11) is 0. The number of rotatable bonds is 2. The average molecular weight is 157 g/mol. The van der Waals surface area contributed by atoms with Gasteiger partial charge in [0, 0.05) is 6.61 Å². The van der Waals surface area contributed by atoms with E-state index in [1.54, 1.807) is 6.92 Å². The summed E-state index contributed by atoms with van der Waals surface area (Å²) >= 11 is 0. The molecule has 1 heterocycles. The molecule has 3 heteroatoms. The summed E-state index contributed by atoms with van der Waals surface area (Å²) in [5, 5.41) is 12.0. The summed E-state index contributed by atoms with van der Waals surface area (Å²) in [6, 6.07) is -0.0131. The predicted molar refractivity (Wildman–Crippen MR) is 42.3 cm³/mol. The summed E-state index contributed by atoms with van der Waals surface area (Å²) in [4.78, 5) is 10.9. The van der Waals surface area contributed by atoms with Gasteiger partial charge in [0.25, 0.3) is 0 Å². The number of aliphatic hydroxyl groups is 1. The van der Waals surface area contributed by atoms with Crippen molar-refractivity contribution in [1.29, 1.82) is 0 Å². The summed E-state index contributed by atoms with van der Waals surface area (Å²) in [5.74, 6) is 0.508. The molecule has 64 valence electrons. The molecular weight excluding hydrogens is 142 g/mol. The second-order valence-electron chi connectivity index (χ2n) is 3.19. The van der Waals surface area contributed by atoms with E-state index in [0.717, 1.165) is 19.4 Å². The Bertz CT molecular complexity index is 147. The zero-order valence-electron chi connectivity index (χ0n) is 6.84. The molecular formula is C8H15NO2. The average Bonchev–Trinajstić information content (AvgIpc) is 2.05. The molecule has 0 aromatic carbocycles. The molecule has 1 fully saturated rings. The smallest absolute Gasteiger partial charge is 0.146 e. The van der Waals surface area contributed by atoms with E-state index in [4.69, 9.17) is 5.11 Å². The van der Waals surface area contributed by atoms with E-state index in [0.29, 0.717) is 5.92 Å². The molecule has 0 amide bonds. The van der Waals surface area contributed by atoms with Crippen LogP contribution in [0, 0.1) is 5.92 Å². The molecule has 0 spiro atoms. The van der Waals surface area contributed by atoms with Crippen molar-refractivity contribution in [2.75, 3.05) is 13.2 Å². The maximum Gasteiger partial charge on any atom is 0.146 e. The molecule has 1 aliphatic rings. The van der Waals surface area contributed by atoms with Gasteiger partial charge in [-0.25, -0.2) is 0 Å². The number of piperidine rings is 1. The Balaban J connectivity index is 2.39. The van der Waals surface area contributed by atoms with E-state index in [-0.39, 0.29) is 18.4 Å². The van der Waals surface area contributed by atoms with Crippen LogP contribution < -0.4 is 5.32 Å². The Hall–Kier alpha value is -0.410. The van der Waals surface area contributed by atoms with Crippen LogP contribution in [-0.2, 0) is 4.79 Å². The van der Waals surface area contributed by atoms with Crippen LogP contribution in [0.25, 0.3) is 0 Å². The Morgan fingerprint density at radius 3 is 3.00 bits per heavy atom. The first-order chi connectivity index (χ1) is 5.24. The number of Topliss-reactive ketones (excluding diaryl/α,β-unsaturated/α-hetero) is 1. The second-order valence-corrected chi connectivity index (χ2v) is 3.19. The Labute approximate surface area is 66.8 Å². The third kappa shape index (κ3) is 2.27. The van der Waals surface area contributed by atoms with Crippen molar-refractivity contribution >= 4 is 5.78 Å². The Morgan fingerprint density at radius 2 is 2.45 bits per heavy atom. The predicted octanol–water partition coefficient (Wildman–Crippen LogP) is -0.0641. The summed E-state index contributed by atoms with van der Waals surface area (Å²) < 4.78 is 0. The number of hydrogen-bond acceptors (Lipinski definition) is 3. The molecule has 0 radical (unpaired) electrons. The van der Waals surface area contributed by atoms with E-state index in [2.05, 4.69) is 5.32 Å². The van der Waals surface area contributed by atoms with Gasteiger partial charge in [-0.3, -0.25) is 4.79 Å². The highest BCUT2D eigenvalue weighted by Crippen LogP contribution is 2.15. The highest BCUT2D eigenvalue weighted by Gasteiger charge is 2.23. The first-order valence-corrected chi connectivity index (χ1v) is 4.08. The molecule has 0 saturated carbocycles. The fourth-order valence-corrected chi connectivity index (χ4v) is 1.47. The number of carbonyl (C=O) groups excluding carboxylic acids is 1. The highest BCUT2D eigenvalue weighted by atomic mass is 16.3. The lowest BCUT2D eigenvalue weighted by Gasteiger charge is -2.27. The van der Waals surface area contributed by atoms with Crippen molar-refractivity contribution in [2.24, 2.45) is 5.92 Å². The van der Waals surface area contributed by atoms with Gasteiger partial charge in [-0.15, -0.1) is 0 Å². The van der Waals surface area contributed by atoms with Gasteiger partial charge in [-0.2, -0.15) is 0 Å². The van der Waals surface area contributed by atoms with Crippen molar-refractivity contribution in [3.05, 3.63) is 0 Å². The highest BCUT2D eigenvalue weighted by molar-refractivity contribution is 5.81. The minimum Gasteiger partial charge on any atom is -0.396 e. The van der Waals surface area contributed by atoms with Crippen LogP contribution in [-0.4, -0.2) is 30.1 Å². The second kappa shape index (κ2) is 3.83. The molecule has 3 nitrogen and oxygen atoms in total. The van der Waals surface area contributed by atoms with E-state index >= 15 is 0 Å². The van der Waals surface area contributed by atoms with Crippen LogP contribution in [0.4, 0.5) is 0 Å². The number of nitrogens with one attached hydrogen (secondary N) is 1. The normalized spacial score (nSPS) is 31.8. The first kappa shape index (κ1) is 8.68. The van der Waals surface area contributed by atoms with Crippen LogP contribution in [0.3, 0.4) is 0 Å². The van der Waals surface area contributed by atoms with Gasteiger partial charge in [0.05, 0.1) is 6.04 Å². The summed E-state index contributed by atoms with van der Waals surface area (Å²) in [6.45, 7) is 2.67. The van der Waals surface area contributed by atoms with Crippen LogP contribution in [0.15, 0.2) is 0 Å². The lowest BCUT2D eigenvalue weighted by atomic mass is 9.91. The van der Waals surface area contributed by atoms with Crippen LogP contribution in [0.5, 0.6) is 0 Å². The number of carbonyl (C=O) groups is 1. The SMILES string of the molecule is CC(=O)C1CC(CO)CCN1. The van der Waals surface area contributed by atoms with Crippen molar-refractivity contribution in [3.8, 4) is 0 Å². The van der Waals surface area contributed by atoms with Crippen molar-refractivity contribution in [1.82, 2.24) is 5.32 Å². The molecule has 0 aromatic rings. The Kier molecular flexibility index (Phi) is 3.02. The quantitative estimate of drug-likeness (QED) is 0.590. The lowest BCUT2D eigenvalue weighted by Crippen LogP contribution is -2.43. The Morgan fingerprint density at radius 1 is 1.73 bits per heavy atom. The van der Waals surface area contributed by atoms with Crippen molar-refractivity contribution in [3.63, 3.8) is 0 Å². The molecule has 1 saturated heterocycles. The van der Waals surface area contributed by atoms with Gasteiger partial charge < -0.3 is 10.4 Å². The third-order valence-corrected chi connectivity index (χ3v) is 2.26. The van der Waals surface area contributed by atoms with E-state index < -0.39 is 0 Å². The molecule has 2 unspecified atom stereocenters. The van der Waals surface area contributed by atoms with Gasteiger partial charge in [0.1, 0.15) is 5.78 Å². The summed E-state index contributed by atoms with van der Waals surface area (Å²) in [6.07, 6.45) is 1.78. The maximum atomic E-state index is 10.9. The van der Waals surface area contributed by atoms with E-state index in [1.807, 2.05) is 0 Å². The molecule has 0 aromatic heterocycles.